The van der Waals surface area contributed by atoms with Gasteiger partial charge in [0.2, 0.25) is 5.91 Å². The van der Waals surface area contributed by atoms with Crippen molar-refractivity contribution in [3.63, 3.8) is 0 Å². The van der Waals surface area contributed by atoms with E-state index < -0.39 is 0 Å². The van der Waals surface area contributed by atoms with Gasteiger partial charge in [-0.05, 0) is 13.0 Å². The Bertz CT molecular complexity index is 134. The molecular formula is C9H20N2O. The summed E-state index contributed by atoms with van der Waals surface area (Å²) in [6, 6.07) is 0. The maximum Gasteiger partial charge on any atom is 0.222 e. The predicted molar refractivity (Wildman–Crippen MR) is 51.0 cm³/mol. The summed E-state index contributed by atoms with van der Waals surface area (Å²) in [5.74, 6) is 0.690. The molecule has 3 nitrogen and oxygen atoms in total. The quantitative estimate of drug-likeness (QED) is 0.662. The molecule has 0 aromatic rings. The molecular weight excluding hydrogens is 152 g/mol. The molecule has 0 aliphatic heterocycles. The van der Waals surface area contributed by atoms with Crippen LogP contribution in [0.1, 0.15) is 20.3 Å². The summed E-state index contributed by atoms with van der Waals surface area (Å²) >= 11 is 0. The number of nitrogens with one attached hydrogen (secondary N) is 1. The van der Waals surface area contributed by atoms with Gasteiger partial charge < -0.3 is 10.2 Å². The molecule has 1 amide bonds. The lowest BCUT2D eigenvalue weighted by atomic mass is 10.1. The zero-order valence-corrected chi connectivity index (χ0v) is 8.55. The minimum absolute atomic E-state index is 0.236. The van der Waals surface area contributed by atoms with Crippen LogP contribution in [0.15, 0.2) is 0 Å². The van der Waals surface area contributed by atoms with Gasteiger partial charge >= 0.3 is 0 Å². The fourth-order valence-corrected chi connectivity index (χ4v) is 0.909. The SMILES string of the molecule is CNCCN(C)C(=O)CC(C)C. The number of rotatable bonds is 5. The molecule has 0 rings (SSSR count). The monoisotopic (exact) mass is 172 g/mol. The topological polar surface area (TPSA) is 32.3 Å². The number of carbonyl (C=O) groups excluding carboxylic acids is 1. The second-order valence-electron chi connectivity index (χ2n) is 3.52. The molecule has 0 saturated heterocycles. The van der Waals surface area contributed by atoms with Gasteiger partial charge in [-0.3, -0.25) is 4.79 Å². The van der Waals surface area contributed by atoms with Crippen LogP contribution in [0, 0.1) is 5.92 Å². The summed E-state index contributed by atoms with van der Waals surface area (Å²) < 4.78 is 0. The van der Waals surface area contributed by atoms with E-state index in [1.54, 1.807) is 4.90 Å². The zero-order chi connectivity index (χ0) is 9.56. The Morgan fingerprint density at radius 1 is 1.50 bits per heavy atom. The number of likely N-dealkylation sites (N-methyl/N-ethyl adjacent to an activating group) is 2. The normalized spacial score (nSPS) is 10.4. The average molecular weight is 172 g/mol. The van der Waals surface area contributed by atoms with Crippen molar-refractivity contribution in [1.29, 1.82) is 0 Å². The third-order valence-corrected chi connectivity index (χ3v) is 1.71. The number of amides is 1. The minimum Gasteiger partial charge on any atom is -0.344 e. The first-order valence-corrected chi connectivity index (χ1v) is 4.46. The molecule has 3 heteroatoms. The molecule has 0 fully saturated rings. The van der Waals surface area contributed by atoms with E-state index >= 15 is 0 Å². The highest BCUT2D eigenvalue weighted by Crippen LogP contribution is 2.01. The largest absolute Gasteiger partial charge is 0.344 e. The highest BCUT2D eigenvalue weighted by atomic mass is 16.2. The molecule has 0 aromatic heterocycles. The molecule has 0 aliphatic carbocycles. The Kier molecular flexibility index (Phi) is 5.72. The van der Waals surface area contributed by atoms with E-state index in [1.807, 2.05) is 14.1 Å². The predicted octanol–water partition coefficient (Wildman–Crippen LogP) is 0.710. The van der Waals surface area contributed by atoms with Gasteiger partial charge in [-0.1, -0.05) is 13.8 Å². The maximum absolute atomic E-state index is 11.4. The molecule has 1 N–H and O–H groups in total. The average Bonchev–Trinajstić information content (AvgIpc) is 1.98. The van der Waals surface area contributed by atoms with Crippen molar-refractivity contribution < 1.29 is 4.79 Å². The van der Waals surface area contributed by atoms with Gasteiger partial charge in [-0.15, -0.1) is 0 Å². The summed E-state index contributed by atoms with van der Waals surface area (Å²) in [7, 11) is 3.74. The van der Waals surface area contributed by atoms with E-state index in [0.717, 1.165) is 13.1 Å². The first-order valence-electron chi connectivity index (χ1n) is 4.46. The first-order chi connectivity index (χ1) is 5.57. The summed E-state index contributed by atoms with van der Waals surface area (Å²) in [6.45, 7) is 5.77. The van der Waals surface area contributed by atoms with E-state index in [1.165, 1.54) is 0 Å². The van der Waals surface area contributed by atoms with E-state index in [-0.39, 0.29) is 5.91 Å². The Hall–Kier alpha value is -0.570. The summed E-state index contributed by atoms with van der Waals surface area (Å²) in [6.07, 6.45) is 0.653. The molecule has 0 aromatic carbocycles. The first kappa shape index (κ1) is 11.4. The van der Waals surface area contributed by atoms with Crippen molar-refractivity contribution >= 4 is 5.91 Å². The van der Waals surface area contributed by atoms with Crippen LogP contribution in [-0.2, 0) is 4.79 Å². The van der Waals surface area contributed by atoms with Crippen LogP contribution in [0.3, 0.4) is 0 Å². The molecule has 0 heterocycles. The van der Waals surface area contributed by atoms with Crippen molar-refractivity contribution in [2.75, 3.05) is 27.2 Å². The Morgan fingerprint density at radius 3 is 2.50 bits per heavy atom. The number of carbonyl (C=O) groups is 1. The van der Waals surface area contributed by atoms with E-state index in [0.29, 0.717) is 12.3 Å². The van der Waals surface area contributed by atoms with Gasteiger partial charge in [0.15, 0.2) is 0 Å². The Balaban J connectivity index is 3.61. The molecule has 72 valence electrons. The van der Waals surface area contributed by atoms with Crippen LogP contribution >= 0.6 is 0 Å². The van der Waals surface area contributed by atoms with Gasteiger partial charge in [-0.25, -0.2) is 0 Å². The number of nitrogens with zero attached hydrogens (tertiary/aromatic N) is 1. The highest BCUT2D eigenvalue weighted by molar-refractivity contribution is 5.76. The fourth-order valence-electron chi connectivity index (χ4n) is 0.909. The molecule has 0 saturated carbocycles. The molecule has 0 aliphatic rings. The lowest BCUT2D eigenvalue weighted by Gasteiger charge is -2.17. The Labute approximate surface area is 75.1 Å². The third kappa shape index (κ3) is 5.13. The third-order valence-electron chi connectivity index (χ3n) is 1.71. The van der Waals surface area contributed by atoms with E-state index in [2.05, 4.69) is 19.2 Å². The standard InChI is InChI=1S/C9H20N2O/c1-8(2)7-9(12)11(4)6-5-10-3/h8,10H,5-7H2,1-4H3. The minimum atomic E-state index is 0.236. The lowest BCUT2D eigenvalue weighted by molar-refractivity contribution is -0.130. The number of hydrogen-bond acceptors (Lipinski definition) is 2. The Morgan fingerprint density at radius 2 is 2.08 bits per heavy atom. The van der Waals surface area contributed by atoms with Crippen LogP contribution in [0.25, 0.3) is 0 Å². The van der Waals surface area contributed by atoms with E-state index in [9.17, 15) is 4.79 Å². The summed E-state index contributed by atoms with van der Waals surface area (Å²) in [5.41, 5.74) is 0. The second kappa shape index (κ2) is 6.00. The van der Waals surface area contributed by atoms with Crippen molar-refractivity contribution in [3.8, 4) is 0 Å². The summed E-state index contributed by atoms with van der Waals surface area (Å²) in [4.78, 5) is 13.1. The lowest BCUT2D eigenvalue weighted by Crippen LogP contribution is -2.33. The highest BCUT2D eigenvalue weighted by Gasteiger charge is 2.09. The van der Waals surface area contributed by atoms with Crippen LogP contribution in [0.4, 0.5) is 0 Å². The van der Waals surface area contributed by atoms with Gasteiger partial charge in [0.1, 0.15) is 0 Å². The van der Waals surface area contributed by atoms with Crippen LogP contribution < -0.4 is 5.32 Å². The van der Waals surface area contributed by atoms with Gasteiger partial charge in [-0.2, -0.15) is 0 Å². The fraction of sp³-hybridized carbons (Fsp3) is 0.889. The second-order valence-corrected chi connectivity index (χ2v) is 3.52. The van der Waals surface area contributed by atoms with Crippen LogP contribution in [-0.4, -0.2) is 38.0 Å². The van der Waals surface area contributed by atoms with Gasteiger partial charge in [0.25, 0.3) is 0 Å². The maximum atomic E-state index is 11.4. The van der Waals surface area contributed by atoms with Crippen molar-refractivity contribution in [3.05, 3.63) is 0 Å². The van der Waals surface area contributed by atoms with Crippen molar-refractivity contribution in [1.82, 2.24) is 10.2 Å². The summed E-state index contributed by atoms with van der Waals surface area (Å²) in [5, 5.41) is 3.01. The molecule has 0 unspecified atom stereocenters. The van der Waals surface area contributed by atoms with Gasteiger partial charge in [0.05, 0.1) is 0 Å². The van der Waals surface area contributed by atoms with E-state index in [4.69, 9.17) is 0 Å². The number of hydrogen-bond donors (Lipinski definition) is 1. The molecule has 0 atom stereocenters. The smallest absolute Gasteiger partial charge is 0.222 e. The van der Waals surface area contributed by atoms with Gasteiger partial charge in [0, 0.05) is 26.6 Å². The molecule has 12 heavy (non-hydrogen) atoms. The van der Waals surface area contributed by atoms with Crippen molar-refractivity contribution in [2.24, 2.45) is 5.92 Å². The van der Waals surface area contributed by atoms with Crippen LogP contribution in [0.2, 0.25) is 0 Å². The van der Waals surface area contributed by atoms with Crippen molar-refractivity contribution in [2.45, 2.75) is 20.3 Å². The molecule has 0 bridgehead atoms. The molecule has 0 radical (unpaired) electrons. The van der Waals surface area contributed by atoms with Crippen LogP contribution in [0.5, 0.6) is 0 Å². The molecule has 0 spiro atoms. The zero-order valence-electron chi connectivity index (χ0n) is 8.55.